The van der Waals surface area contributed by atoms with Gasteiger partial charge in [0.2, 0.25) is 0 Å². The maximum Gasteiger partial charge on any atom is 0.0670 e. The van der Waals surface area contributed by atoms with E-state index < -0.39 is 0 Å². The van der Waals surface area contributed by atoms with Crippen molar-refractivity contribution in [1.29, 1.82) is 0 Å². The van der Waals surface area contributed by atoms with Crippen LogP contribution in [-0.4, -0.2) is 10.7 Å². The molecule has 1 aliphatic carbocycles. The Kier molecular flexibility index (Phi) is 9.06. The molecule has 1 fully saturated rings. The van der Waals surface area contributed by atoms with Crippen molar-refractivity contribution in [2.45, 2.75) is 105 Å². The molecule has 0 saturated heterocycles. The summed E-state index contributed by atoms with van der Waals surface area (Å²) in [5, 5.41) is 10.7. The van der Waals surface area contributed by atoms with Gasteiger partial charge in [-0.15, -0.1) is 0 Å². The summed E-state index contributed by atoms with van der Waals surface area (Å²) in [6.07, 6.45) is 9.54. The van der Waals surface area contributed by atoms with Crippen molar-refractivity contribution in [1.82, 2.24) is 0 Å². The molecule has 0 atom stereocenters. The minimum atomic E-state index is -0.389. The fraction of sp³-hybridized carbons (Fsp3) is 1.00. The lowest BCUT2D eigenvalue weighted by Crippen LogP contribution is -2.41. The number of hydrogen-bond donors (Lipinski definition) is 1. The quantitative estimate of drug-likeness (QED) is 0.616. The molecule has 122 valence electrons. The van der Waals surface area contributed by atoms with Gasteiger partial charge in [-0.25, -0.2) is 0 Å². The summed E-state index contributed by atoms with van der Waals surface area (Å²) in [6.45, 7) is 15.4. The summed E-state index contributed by atoms with van der Waals surface area (Å²) in [7, 11) is 0. The lowest BCUT2D eigenvalue weighted by atomic mass is 9.62. The average Bonchev–Trinajstić information content (AvgIpc) is 2.55. The van der Waals surface area contributed by atoms with E-state index in [0.717, 1.165) is 18.8 Å². The standard InChI is InChI=1S/C17H34O.C2H6/c1-6-16(5,7-2)14-10-12-15(13-11-14)17(18,8-3)9-4;1-2/h14-15,18H,6-13H2,1-5H3;1-2H3. The topological polar surface area (TPSA) is 20.2 Å². The lowest BCUT2D eigenvalue weighted by molar-refractivity contribution is -0.0533. The predicted octanol–water partition coefficient (Wildman–Crippen LogP) is 6.20. The van der Waals surface area contributed by atoms with Crippen LogP contribution >= 0.6 is 0 Å². The molecule has 0 aliphatic heterocycles. The summed E-state index contributed by atoms with van der Waals surface area (Å²) < 4.78 is 0. The molecular formula is C19H40O. The van der Waals surface area contributed by atoms with Crippen LogP contribution in [0.1, 0.15) is 99.8 Å². The molecule has 1 aliphatic rings. The third-order valence-electron chi connectivity index (χ3n) is 6.31. The Morgan fingerprint density at radius 2 is 1.10 bits per heavy atom. The zero-order valence-corrected chi connectivity index (χ0v) is 15.3. The van der Waals surface area contributed by atoms with Crippen molar-refractivity contribution in [3.05, 3.63) is 0 Å². The van der Waals surface area contributed by atoms with Gasteiger partial charge in [0.1, 0.15) is 0 Å². The van der Waals surface area contributed by atoms with E-state index in [9.17, 15) is 5.11 Å². The predicted molar refractivity (Wildman–Crippen MR) is 91.0 cm³/mol. The third kappa shape index (κ3) is 4.48. The number of hydrogen-bond acceptors (Lipinski definition) is 1. The Hall–Kier alpha value is -0.0400. The van der Waals surface area contributed by atoms with Gasteiger partial charge in [-0.1, -0.05) is 61.3 Å². The van der Waals surface area contributed by atoms with E-state index in [1.165, 1.54) is 38.5 Å². The molecule has 1 N–H and O–H groups in total. The Labute approximate surface area is 128 Å². The van der Waals surface area contributed by atoms with E-state index in [1.54, 1.807) is 0 Å². The summed E-state index contributed by atoms with van der Waals surface area (Å²) in [5.74, 6) is 1.42. The summed E-state index contributed by atoms with van der Waals surface area (Å²) in [4.78, 5) is 0. The fourth-order valence-corrected chi connectivity index (χ4v) is 3.98. The van der Waals surface area contributed by atoms with E-state index in [0.29, 0.717) is 11.3 Å². The second-order valence-corrected chi connectivity index (χ2v) is 6.72. The van der Waals surface area contributed by atoms with Gasteiger partial charge in [0.25, 0.3) is 0 Å². The molecule has 0 amide bonds. The average molecular weight is 285 g/mol. The van der Waals surface area contributed by atoms with Gasteiger partial charge >= 0.3 is 0 Å². The summed E-state index contributed by atoms with van der Waals surface area (Å²) in [6, 6.07) is 0. The van der Waals surface area contributed by atoms with Gasteiger partial charge in [-0.2, -0.15) is 0 Å². The SMILES string of the molecule is CC.CCC(C)(CC)C1CCC(C(O)(CC)CC)CC1. The highest BCUT2D eigenvalue weighted by Gasteiger charge is 2.40. The Bertz CT molecular complexity index is 204. The van der Waals surface area contributed by atoms with Crippen molar-refractivity contribution in [2.75, 3.05) is 0 Å². The maximum absolute atomic E-state index is 10.7. The molecule has 0 aromatic heterocycles. The molecule has 1 nitrogen and oxygen atoms in total. The van der Waals surface area contributed by atoms with Crippen LogP contribution in [-0.2, 0) is 0 Å². The molecule has 1 saturated carbocycles. The van der Waals surface area contributed by atoms with Crippen LogP contribution in [0.5, 0.6) is 0 Å². The first kappa shape index (κ1) is 20.0. The largest absolute Gasteiger partial charge is 0.390 e. The highest BCUT2D eigenvalue weighted by Crippen LogP contribution is 2.47. The second kappa shape index (κ2) is 9.07. The van der Waals surface area contributed by atoms with E-state index in [2.05, 4.69) is 34.6 Å². The minimum absolute atomic E-state index is 0.389. The Morgan fingerprint density at radius 3 is 1.40 bits per heavy atom. The molecule has 0 unspecified atom stereocenters. The molecule has 0 bridgehead atoms. The van der Waals surface area contributed by atoms with Gasteiger partial charge in [-0.3, -0.25) is 0 Å². The molecule has 1 heteroatoms. The van der Waals surface area contributed by atoms with Crippen molar-refractivity contribution >= 4 is 0 Å². The smallest absolute Gasteiger partial charge is 0.0670 e. The molecule has 0 radical (unpaired) electrons. The molecule has 0 spiro atoms. The molecule has 0 heterocycles. The Morgan fingerprint density at radius 1 is 0.750 bits per heavy atom. The minimum Gasteiger partial charge on any atom is -0.390 e. The van der Waals surface area contributed by atoms with Crippen LogP contribution in [0.2, 0.25) is 0 Å². The van der Waals surface area contributed by atoms with Crippen LogP contribution in [0.3, 0.4) is 0 Å². The number of aliphatic hydroxyl groups is 1. The van der Waals surface area contributed by atoms with Gasteiger partial charge in [0.15, 0.2) is 0 Å². The van der Waals surface area contributed by atoms with E-state index in [-0.39, 0.29) is 5.60 Å². The third-order valence-corrected chi connectivity index (χ3v) is 6.31. The van der Waals surface area contributed by atoms with E-state index in [4.69, 9.17) is 0 Å². The van der Waals surface area contributed by atoms with Gasteiger partial charge in [-0.05, 0) is 55.8 Å². The van der Waals surface area contributed by atoms with Crippen LogP contribution in [0.15, 0.2) is 0 Å². The van der Waals surface area contributed by atoms with E-state index >= 15 is 0 Å². The van der Waals surface area contributed by atoms with Gasteiger partial charge in [0, 0.05) is 0 Å². The molecule has 20 heavy (non-hydrogen) atoms. The highest BCUT2D eigenvalue weighted by atomic mass is 16.3. The van der Waals surface area contributed by atoms with Crippen LogP contribution in [0, 0.1) is 17.3 Å². The van der Waals surface area contributed by atoms with Gasteiger partial charge < -0.3 is 5.11 Å². The zero-order chi connectivity index (χ0) is 15.8. The summed E-state index contributed by atoms with van der Waals surface area (Å²) >= 11 is 0. The molecule has 1 rings (SSSR count). The monoisotopic (exact) mass is 284 g/mol. The molecule has 0 aromatic carbocycles. The normalized spacial score (nSPS) is 24.0. The first-order chi connectivity index (χ1) is 9.45. The molecule has 0 aromatic rings. The van der Waals surface area contributed by atoms with Crippen LogP contribution in [0.4, 0.5) is 0 Å². The summed E-state index contributed by atoms with van der Waals surface area (Å²) in [5.41, 5.74) is 0.140. The maximum atomic E-state index is 10.7. The van der Waals surface area contributed by atoms with Crippen molar-refractivity contribution in [3.8, 4) is 0 Å². The second-order valence-electron chi connectivity index (χ2n) is 6.72. The first-order valence-corrected chi connectivity index (χ1v) is 9.18. The zero-order valence-electron chi connectivity index (χ0n) is 15.3. The van der Waals surface area contributed by atoms with Crippen LogP contribution < -0.4 is 0 Å². The lowest BCUT2D eigenvalue weighted by Gasteiger charge is -2.45. The first-order valence-electron chi connectivity index (χ1n) is 9.18. The van der Waals surface area contributed by atoms with Crippen molar-refractivity contribution in [3.63, 3.8) is 0 Å². The van der Waals surface area contributed by atoms with Crippen LogP contribution in [0.25, 0.3) is 0 Å². The molecular weight excluding hydrogens is 244 g/mol. The number of rotatable bonds is 6. The van der Waals surface area contributed by atoms with Crippen molar-refractivity contribution in [2.24, 2.45) is 17.3 Å². The van der Waals surface area contributed by atoms with Gasteiger partial charge in [0.05, 0.1) is 5.60 Å². The van der Waals surface area contributed by atoms with Crippen molar-refractivity contribution < 1.29 is 5.11 Å². The fourth-order valence-electron chi connectivity index (χ4n) is 3.98. The van der Waals surface area contributed by atoms with E-state index in [1.807, 2.05) is 13.8 Å². The highest BCUT2D eigenvalue weighted by molar-refractivity contribution is 4.91. The Balaban J connectivity index is 0.00000172.